The van der Waals surface area contributed by atoms with Crippen molar-refractivity contribution < 1.29 is 14.3 Å². The molecule has 0 atom stereocenters. The number of likely N-dealkylation sites (tertiary alicyclic amines) is 2. The fraction of sp³-hybridized carbons (Fsp3) is 0.448. The Hall–Kier alpha value is -2.96. The molecular formula is C29H35N3O3. The zero-order valence-electron chi connectivity index (χ0n) is 20.4. The summed E-state index contributed by atoms with van der Waals surface area (Å²) in [5.74, 6) is 1.76. The summed E-state index contributed by atoms with van der Waals surface area (Å²) in [4.78, 5) is 20.1. The molecule has 2 fully saturated rings. The Balaban J connectivity index is 1.27. The number of hydrogen-bond acceptors (Lipinski definition) is 6. The topological polar surface area (TPSA) is 54.9 Å². The minimum Gasteiger partial charge on any atom is -0.490 e. The number of piperidine rings is 1. The highest BCUT2D eigenvalue weighted by Crippen LogP contribution is 2.36. The summed E-state index contributed by atoms with van der Waals surface area (Å²) in [5.41, 5.74) is 3.07. The Kier molecular flexibility index (Phi) is 7.91. The van der Waals surface area contributed by atoms with E-state index >= 15 is 0 Å². The number of hydrogen-bond donors (Lipinski definition) is 0. The van der Waals surface area contributed by atoms with Gasteiger partial charge >= 0.3 is 0 Å². The number of fused-ring (bicyclic) bond motifs is 1. The maximum atomic E-state index is 10.6. The maximum absolute atomic E-state index is 10.6. The minimum absolute atomic E-state index is 0.225. The van der Waals surface area contributed by atoms with Gasteiger partial charge in [-0.1, -0.05) is 24.3 Å². The Morgan fingerprint density at radius 2 is 1.69 bits per heavy atom. The molecule has 0 radical (unpaired) electrons. The van der Waals surface area contributed by atoms with Gasteiger partial charge in [0.15, 0.2) is 5.75 Å². The molecule has 184 valence electrons. The highest BCUT2D eigenvalue weighted by molar-refractivity contribution is 5.92. The summed E-state index contributed by atoms with van der Waals surface area (Å²) in [6, 6.07) is 16.7. The van der Waals surface area contributed by atoms with Crippen molar-refractivity contribution in [2.75, 3.05) is 45.9 Å². The standard InChI is InChI=1S/C29H35N3O3/c33-21-4-17-32-18-12-26(13-19-32)35-25-9-6-23(7-10-25)27-11-8-24-5-3-14-30-28(24)29(27)34-22-20-31-15-1-2-16-31/h3,5-11,14,21,26H,1-2,4,12-13,15-20,22H2. The van der Waals surface area contributed by atoms with E-state index in [9.17, 15) is 4.79 Å². The molecule has 2 saturated heterocycles. The van der Waals surface area contributed by atoms with Crippen molar-refractivity contribution in [2.45, 2.75) is 38.2 Å². The van der Waals surface area contributed by atoms with Crippen LogP contribution in [0.15, 0.2) is 54.7 Å². The van der Waals surface area contributed by atoms with Crippen LogP contribution in [0, 0.1) is 0 Å². The van der Waals surface area contributed by atoms with Gasteiger partial charge in [-0.2, -0.15) is 0 Å². The largest absolute Gasteiger partial charge is 0.490 e. The van der Waals surface area contributed by atoms with Crippen LogP contribution in [0.2, 0.25) is 0 Å². The number of rotatable bonds is 10. The summed E-state index contributed by atoms with van der Waals surface area (Å²) in [6.45, 7) is 6.77. The highest BCUT2D eigenvalue weighted by Gasteiger charge is 2.20. The highest BCUT2D eigenvalue weighted by atomic mass is 16.5. The van der Waals surface area contributed by atoms with E-state index < -0.39 is 0 Å². The summed E-state index contributed by atoms with van der Waals surface area (Å²) < 4.78 is 12.7. The van der Waals surface area contributed by atoms with Crippen LogP contribution < -0.4 is 9.47 Å². The van der Waals surface area contributed by atoms with Gasteiger partial charge in [-0.05, 0) is 68.6 Å². The SMILES string of the molecule is O=CCCN1CCC(Oc2ccc(-c3ccc4cccnc4c3OCCN3CCCC3)cc2)CC1. The van der Waals surface area contributed by atoms with E-state index in [0.29, 0.717) is 13.0 Å². The molecular weight excluding hydrogens is 438 g/mol. The molecule has 2 aromatic carbocycles. The first-order chi connectivity index (χ1) is 17.3. The zero-order valence-corrected chi connectivity index (χ0v) is 20.4. The third-order valence-corrected chi connectivity index (χ3v) is 7.15. The van der Waals surface area contributed by atoms with Crippen LogP contribution in [-0.2, 0) is 4.79 Å². The van der Waals surface area contributed by atoms with Gasteiger partial charge in [0, 0.05) is 49.7 Å². The molecule has 0 saturated carbocycles. The lowest BCUT2D eigenvalue weighted by molar-refractivity contribution is -0.108. The molecule has 0 unspecified atom stereocenters. The van der Waals surface area contributed by atoms with Gasteiger partial charge < -0.3 is 19.2 Å². The van der Waals surface area contributed by atoms with Gasteiger partial charge in [-0.25, -0.2) is 0 Å². The first-order valence-electron chi connectivity index (χ1n) is 13.0. The predicted molar refractivity (Wildman–Crippen MR) is 139 cm³/mol. The Morgan fingerprint density at radius 3 is 2.46 bits per heavy atom. The Morgan fingerprint density at radius 1 is 0.914 bits per heavy atom. The van der Waals surface area contributed by atoms with E-state index in [1.165, 1.54) is 25.9 Å². The number of aromatic nitrogens is 1. The number of ether oxygens (including phenoxy) is 2. The van der Waals surface area contributed by atoms with Crippen molar-refractivity contribution in [1.29, 1.82) is 0 Å². The molecule has 6 heteroatoms. The Bertz CT molecular complexity index is 1100. The molecule has 1 aromatic heterocycles. The van der Waals surface area contributed by atoms with Crippen molar-refractivity contribution in [2.24, 2.45) is 0 Å². The maximum Gasteiger partial charge on any atom is 0.153 e. The third kappa shape index (κ3) is 6.00. The molecule has 0 amide bonds. The van der Waals surface area contributed by atoms with Gasteiger partial charge in [-0.3, -0.25) is 9.88 Å². The van der Waals surface area contributed by atoms with Crippen LogP contribution >= 0.6 is 0 Å². The first kappa shape index (κ1) is 23.8. The van der Waals surface area contributed by atoms with E-state index in [4.69, 9.17) is 9.47 Å². The molecule has 5 rings (SSSR count). The summed E-state index contributed by atoms with van der Waals surface area (Å²) in [5, 5.41) is 1.09. The van der Waals surface area contributed by atoms with Gasteiger partial charge in [-0.15, -0.1) is 0 Å². The number of nitrogens with zero attached hydrogens (tertiary/aromatic N) is 3. The molecule has 35 heavy (non-hydrogen) atoms. The second-order valence-corrected chi connectivity index (χ2v) is 9.55. The van der Waals surface area contributed by atoms with Crippen LogP contribution in [-0.4, -0.2) is 73.0 Å². The van der Waals surface area contributed by atoms with Crippen LogP contribution in [0.3, 0.4) is 0 Å². The van der Waals surface area contributed by atoms with Crippen molar-refractivity contribution in [3.63, 3.8) is 0 Å². The molecule has 0 spiro atoms. The number of carbonyl (C=O) groups excluding carboxylic acids is 1. The van der Waals surface area contributed by atoms with E-state index in [-0.39, 0.29) is 6.10 Å². The molecule has 3 aromatic rings. The van der Waals surface area contributed by atoms with Gasteiger partial charge in [0.2, 0.25) is 0 Å². The van der Waals surface area contributed by atoms with Crippen LogP contribution in [0.1, 0.15) is 32.1 Å². The molecule has 2 aliphatic heterocycles. The average Bonchev–Trinajstić information content (AvgIpc) is 3.42. The lowest BCUT2D eigenvalue weighted by atomic mass is 10.0. The third-order valence-electron chi connectivity index (χ3n) is 7.15. The second kappa shape index (κ2) is 11.6. The fourth-order valence-electron chi connectivity index (χ4n) is 5.17. The molecule has 0 aliphatic carbocycles. The van der Waals surface area contributed by atoms with Crippen LogP contribution in [0.5, 0.6) is 11.5 Å². The number of aldehydes is 1. The number of carbonyl (C=O) groups is 1. The lowest BCUT2D eigenvalue weighted by Gasteiger charge is -2.31. The monoisotopic (exact) mass is 473 g/mol. The summed E-state index contributed by atoms with van der Waals surface area (Å²) in [6.07, 6.45) is 8.23. The van der Waals surface area contributed by atoms with Crippen molar-refractivity contribution in [1.82, 2.24) is 14.8 Å². The predicted octanol–water partition coefficient (Wildman–Crippen LogP) is 4.81. The molecule has 3 heterocycles. The van der Waals surface area contributed by atoms with Gasteiger partial charge in [0.25, 0.3) is 0 Å². The normalized spacial score (nSPS) is 17.6. The zero-order chi connectivity index (χ0) is 23.9. The van der Waals surface area contributed by atoms with Crippen molar-refractivity contribution in [3.05, 3.63) is 54.7 Å². The van der Waals surface area contributed by atoms with Gasteiger partial charge in [0.05, 0.1) is 0 Å². The lowest BCUT2D eigenvalue weighted by Crippen LogP contribution is -2.38. The van der Waals surface area contributed by atoms with E-state index in [0.717, 1.165) is 78.8 Å². The Labute approximate surface area is 207 Å². The molecule has 0 N–H and O–H groups in total. The summed E-state index contributed by atoms with van der Waals surface area (Å²) in [7, 11) is 0. The quantitative estimate of drug-likeness (QED) is 0.394. The van der Waals surface area contributed by atoms with Crippen LogP contribution in [0.25, 0.3) is 22.0 Å². The number of benzene rings is 2. The fourth-order valence-corrected chi connectivity index (χ4v) is 5.17. The molecule has 2 aliphatic rings. The van der Waals surface area contributed by atoms with E-state index in [1.807, 2.05) is 12.3 Å². The van der Waals surface area contributed by atoms with Gasteiger partial charge in [0.1, 0.15) is 30.3 Å². The summed E-state index contributed by atoms with van der Waals surface area (Å²) >= 11 is 0. The van der Waals surface area contributed by atoms with E-state index in [2.05, 4.69) is 57.2 Å². The average molecular weight is 474 g/mol. The second-order valence-electron chi connectivity index (χ2n) is 9.55. The van der Waals surface area contributed by atoms with Crippen LogP contribution in [0.4, 0.5) is 0 Å². The van der Waals surface area contributed by atoms with Crippen molar-refractivity contribution in [3.8, 4) is 22.6 Å². The minimum atomic E-state index is 0.225. The molecule has 0 bridgehead atoms. The number of pyridine rings is 1. The first-order valence-corrected chi connectivity index (χ1v) is 13.0. The molecule has 6 nitrogen and oxygen atoms in total. The van der Waals surface area contributed by atoms with E-state index in [1.54, 1.807) is 0 Å². The smallest absolute Gasteiger partial charge is 0.153 e. The van der Waals surface area contributed by atoms with Crippen molar-refractivity contribution >= 4 is 17.2 Å².